The molecule has 1 N–H and O–H groups in total. The Morgan fingerprint density at radius 1 is 1.20 bits per heavy atom. The summed E-state index contributed by atoms with van der Waals surface area (Å²) in [5.41, 5.74) is -2.26. The minimum atomic E-state index is -4.50. The number of alkyl halides is 3. The van der Waals surface area contributed by atoms with Crippen LogP contribution in [0.5, 0.6) is 0 Å². The second-order valence-electron chi connectivity index (χ2n) is 4.02. The second-order valence-corrected chi connectivity index (χ2v) is 4.87. The van der Waals surface area contributed by atoms with E-state index in [-0.39, 0.29) is 16.6 Å². The average Bonchev–Trinajstić information content (AvgIpc) is 2.35. The van der Waals surface area contributed by atoms with Gasteiger partial charge in [-0.15, -0.1) is 0 Å². The van der Waals surface area contributed by atoms with Crippen LogP contribution in [-0.2, 0) is 12.7 Å². The molecule has 1 heterocycles. The third-order valence-corrected chi connectivity index (χ3v) is 3.20. The molecule has 1 aromatic carbocycles. The molecule has 4 nitrogen and oxygen atoms in total. The highest BCUT2D eigenvalue weighted by Gasteiger charge is 2.32. The van der Waals surface area contributed by atoms with E-state index in [1.54, 1.807) is 0 Å². The van der Waals surface area contributed by atoms with Crippen molar-refractivity contribution in [2.45, 2.75) is 12.7 Å². The quantitative estimate of drug-likeness (QED) is 0.905. The van der Waals surface area contributed by atoms with E-state index in [9.17, 15) is 22.8 Å². The summed E-state index contributed by atoms with van der Waals surface area (Å²) in [7, 11) is 0. The number of halogens is 4. The van der Waals surface area contributed by atoms with Crippen LogP contribution in [0, 0.1) is 0 Å². The van der Waals surface area contributed by atoms with Crippen LogP contribution in [0.1, 0.15) is 11.1 Å². The molecule has 0 aliphatic rings. The fourth-order valence-corrected chi connectivity index (χ4v) is 2.06. The SMILES string of the molecule is O=c1[nH]c(=O)n(Cc2ccccc2C(F)(F)F)cc1Br. The number of nitrogens with zero attached hydrogens (tertiary/aromatic N) is 1. The summed E-state index contributed by atoms with van der Waals surface area (Å²) in [6.45, 7) is -0.288. The number of hydrogen-bond donors (Lipinski definition) is 1. The van der Waals surface area contributed by atoms with Gasteiger partial charge in [0.2, 0.25) is 0 Å². The van der Waals surface area contributed by atoms with Crippen LogP contribution in [0.2, 0.25) is 0 Å². The van der Waals surface area contributed by atoms with Crippen LogP contribution in [0.15, 0.2) is 44.5 Å². The first-order valence-electron chi connectivity index (χ1n) is 5.43. The molecule has 0 saturated heterocycles. The molecule has 0 spiro atoms. The summed E-state index contributed by atoms with van der Waals surface area (Å²) in [6, 6.07) is 4.96. The number of H-pyrrole nitrogens is 1. The summed E-state index contributed by atoms with van der Waals surface area (Å²) in [4.78, 5) is 24.7. The maximum absolute atomic E-state index is 12.8. The van der Waals surface area contributed by atoms with Crippen molar-refractivity contribution < 1.29 is 13.2 Å². The van der Waals surface area contributed by atoms with Gasteiger partial charge in [-0.3, -0.25) is 14.3 Å². The molecular weight excluding hydrogens is 341 g/mol. The maximum atomic E-state index is 12.8. The van der Waals surface area contributed by atoms with E-state index >= 15 is 0 Å². The molecule has 8 heteroatoms. The largest absolute Gasteiger partial charge is 0.416 e. The number of benzene rings is 1. The topological polar surface area (TPSA) is 54.9 Å². The van der Waals surface area contributed by atoms with Gasteiger partial charge in [-0.05, 0) is 27.6 Å². The Labute approximate surface area is 119 Å². The van der Waals surface area contributed by atoms with Crippen molar-refractivity contribution in [3.8, 4) is 0 Å². The average molecular weight is 349 g/mol. The molecule has 0 amide bonds. The number of rotatable bonds is 2. The third-order valence-electron chi connectivity index (χ3n) is 2.63. The van der Waals surface area contributed by atoms with Gasteiger partial charge in [-0.2, -0.15) is 13.2 Å². The maximum Gasteiger partial charge on any atom is 0.416 e. The number of aromatic nitrogens is 2. The minimum Gasteiger partial charge on any atom is -0.295 e. The Hall–Kier alpha value is -1.83. The van der Waals surface area contributed by atoms with Crippen LogP contribution < -0.4 is 11.2 Å². The highest BCUT2D eigenvalue weighted by molar-refractivity contribution is 9.10. The molecular formula is C12H8BrF3N2O2. The molecule has 0 aliphatic carbocycles. The van der Waals surface area contributed by atoms with Crippen molar-refractivity contribution in [3.05, 3.63) is 66.9 Å². The highest BCUT2D eigenvalue weighted by Crippen LogP contribution is 2.32. The first kappa shape index (κ1) is 14.6. The minimum absolute atomic E-state index is 0.0546. The predicted molar refractivity (Wildman–Crippen MR) is 69.6 cm³/mol. The Kier molecular flexibility index (Phi) is 3.85. The van der Waals surface area contributed by atoms with Crippen molar-refractivity contribution in [1.29, 1.82) is 0 Å². The van der Waals surface area contributed by atoms with Gasteiger partial charge in [0, 0.05) is 6.20 Å². The van der Waals surface area contributed by atoms with Crippen molar-refractivity contribution in [2.24, 2.45) is 0 Å². The molecule has 0 bridgehead atoms. The van der Waals surface area contributed by atoms with E-state index in [4.69, 9.17) is 0 Å². The Balaban J connectivity index is 2.49. The van der Waals surface area contributed by atoms with Gasteiger partial charge in [-0.1, -0.05) is 18.2 Å². The van der Waals surface area contributed by atoms with Gasteiger partial charge in [0.25, 0.3) is 5.56 Å². The van der Waals surface area contributed by atoms with Gasteiger partial charge >= 0.3 is 11.9 Å². The summed E-state index contributed by atoms with van der Waals surface area (Å²) in [6.07, 6.45) is -3.34. The normalized spacial score (nSPS) is 11.6. The van der Waals surface area contributed by atoms with Crippen LogP contribution in [0.25, 0.3) is 0 Å². The van der Waals surface area contributed by atoms with Gasteiger partial charge < -0.3 is 0 Å². The van der Waals surface area contributed by atoms with E-state index in [1.807, 2.05) is 4.98 Å². The lowest BCUT2D eigenvalue weighted by Gasteiger charge is -2.13. The Bertz CT molecular complexity index is 749. The third kappa shape index (κ3) is 3.01. The molecule has 2 rings (SSSR count). The zero-order chi connectivity index (χ0) is 14.9. The zero-order valence-electron chi connectivity index (χ0n) is 9.87. The van der Waals surface area contributed by atoms with Crippen LogP contribution >= 0.6 is 15.9 Å². The zero-order valence-corrected chi connectivity index (χ0v) is 11.5. The van der Waals surface area contributed by atoms with Crippen molar-refractivity contribution >= 4 is 15.9 Å². The molecule has 0 aliphatic heterocycles. The van der Waals surface area contributed by atoms with Gasteiger partial charge in [0.15, 0.2) is 0 Å². The number of hydrogen-bond acceptors (Lipinski definition) is 2. The summed E-state index contributed by atoms with van der Waals surface area (Å²) < 4.78 is 39.6. The second kappa shape index (κ2) is 5.28. The standard InChI is InChI=1S/C12H8BrF3N2O2/c13-9-6-18(11(20)17-10(9)19)5-7-3-1-2-4-8(7)12(14,15)16/h1-4,6H,5H2,(H,17,19,20). The molecule has 0 unspecified atom stereocenters. The lowest BCUT2D eigenvalue weighted by molar-refractivity contribution is -0.138. The smallest absolute Gasteiger partial charge is 0.295 e. The summed E-state index contributed by atoms with van der Waals surface area (Å²) in [5.74, 6) is 0. The van der Waals surface area contributed by atoms with E-state index in [1.165, 1.54) is 18.2 Å². The van der Waals surface area contributed by atoms with Crippen LogP contribution in [-0.4, -0.2) is 9.55 Å². The van der Waals surface area contributed by atoms with Crippen molar-refractivity contribution in [2.75, 3.05) is 0 Å². The molecule has 0 fully saturated rings. The van der Waals surface area contributed by atoms with Crippen molar-refractivity contribution in [1.82, 2.24) is 9.55 Å². The Morgan fingerprint density at radius 2 is 1.85 bits per heavy atom. The highest BCUT2D eigenvalue weighted by atomic mass is 79.9. The monoisotopic (exact) mass is 348 g/mol. The van der Waals surface area contributed by atoms with E-state index < -0.39 is 23.0 Å². The van der Waals surface area contributed by atoms with Gasteiger partial charge in [-0.25, -0.2) is 4.79 Å². The Morgan fingerprint density at radius 3 is 2.50 bits per heavy atom. The van der Waals surface area contributed by atoms with E-state index in [0.29, 0.717) is 0 Å². The molecule has 1 aromatic heterocycles. The van der Waals surface area contributed by atoms with Gasteiger partial charge in [0.1, 0.15) is 0 Å². The first-order chi connectivity index (χ1) is 9.29. The van der Waals surface area contributed by atoms with Crippen LogP contribution in [0.3, 0.4) is 0 Å². The molecule has 106 valence electrons. The fourth-order valence-electron chi connectivity index (χ4n) is 1.72. The lowest BCUT2D eigenvalue weighted by atomic mass is 10.1. The van der Waals surface area contributed by atoms with Crippen molar-refractivity contribution in [3.63, 3.8) is 0 Å². The van der Waals surface area contributed by atoms with E-state index in [0.717, 1.165) is 16.8 Å². The molecule has 0 radical (unpaired) electrons. The predicted octanol–water partition coefficient (Wildman–Crippen LogP) is 2.37. The van der Waals surface area contributed by atoms with Crippen LogP contribution in [0.4, 0.5) is 13.2 Å². The first-order valence-corrected chi connectivity index (χ1v) is 6.22. The molecule has 0 atom stereocenters. The fraction of sp³-hybridized carbons (Fsp3) is 0.167. The number of nitrogens with one attached hydrogen (secondary N) is 1. The molecule has 20 heavy (non-hydrogen) atoms. The molecule has 0 saturated carbocycles. The summed E-state index contributed by atoms with van der Waals surface area (Å²) in [5, 5.41) is 0. The molecule has 2 aromatic rings. The van der Waals surface area contributed by atoms with Gasteiger partial charge in [0.05, 0.1) is 16.6 Å². The number of aromatic amines is 1. The summed E-state index contributed by atoms with van der Waals surface area (Å²) >= 11 is 2.93. The van der Waals surface area contributed by atoms with E-state index in [2.05, 4.69) is 15.9 Å². The lowest BCUT2D eigenvalue weighted by Crippen LogP contribution is -2.30.